The van der Waals surface area contributed by atoms with Gasteiger partial charge in [0.25, 0.3) is 5.91 Å². The maximum Gasteiger partial charge on any atom is 0.251 e. The molecule has 0 atom stereocenters. The van der Waals surface area contributed by atoms with Crippen LogP contribution in [0.2, 0.25) is 0 Å². The monoisotopic (exact) mass is 409 g/mol. The standard InChI is InChI=1S/C24H24FNO4/c1-3-29-20-11-9-18(10-12-20)24(27)26-15-17-8-13-22(23(14-17)28-2)30-16-19-6-4-5-7-21(19)25/h4-14H,3,15-16H2,1-2H3,(H,26,27). The Morgan fingerprint density at radius 2 is 1.73 bits per heavy atom. The molecule has 5 nitrogen and oxygen atoms in total. The molecule has 0 aliphatic heterocycles. The van der Waals surface area contributed by atoms with Gasteiger partial charge in [0.1, 0.15) is 18.2 Å². The minimum absolute atomic E-state index is 0.0941. The lowest BCUT2D eigenvalue weighted by Gasteiger charge is -2.13. The molecule has 1 N–H and O–H groups in total. The molecule has 0 fully saturated rings. The van der Waals surface area contributed by atoms with Crippen molar-refractivity contribution in [2.75, 3.05) is 13.7 Å². The fourth-order valence-electron chi connectivity index (χ4n) is 2.87. The smallest absolute Gasteiger partial charge is 0.251 e. The van der Waals surface area contributed by atoms with Crippen LogP contribution < -0.4 is 19.5 Å². The lowest BCUT2D eigenvalue weighted by atomic mass is 10.1. The van der Waals surface area contributed by atoms with E-state index in [0.29, 0.717) is 35.8 Å². The molecule has 0 aliphatic rings. The van der Waals surface area contributed by atoms with E-state index in [9.17, 15) is 9.18 Å². The van der Waals surface area contributed by atoms with Gasteiger partial charge in [-0.1, -0.05) is 24.3 Å². The lowest BCUT2D eigenvalue weighted by molar-refractivity contribution is 0.0951. The number of methoxy groups -OCH3 is 1. The van der Waals surface area contributed by atoms with Crippen molar-refractivity contribution in [3.8, 4) is 17.2 Å². The van der Waals surface area contributed by atoms with Crippen molar-refractivity contribution >= 4 is 5.91 Å². The Hall–Kier alpha value is -3.54. The molecule has 1 amide bonds. The molecule has 156 valence electrons. The topological polar surface area (TPSA) is 56.8 Å². The van der Waals surface area contributed by atoms with Crippen LogP contribution in [0.5, 0.6) is 17.2 Å². The van der Waals surface area contributed by atoms with Crippen molar-refractivity contribution < 1.29 is 23.4 Å². The Morgan fingerprint density at radius 1 is 0.967 bits per heavy atom. The molecule has 0 spiro atoms. The number of carbonyl (C=O) groups excluding carboxylic acids is 1. The Labute approximate surface area is 175 Å². The highest BCUT2D eigenvalue weighted by molar-refractivity contribution is 5.94. The number of nitrogens with one attached hydrogen (secondary N) is 1. The highest BCUT2D eigenvalue weighted by atomic mass is 19.1. The molecule has 6 heteroatoms. The molecular formula is C24H24FNO4. The van der Waals surface area contributed by atoms with Crippen molar-refractivity contribution in [3.63, 3.8) is 0 Å². The third-order valence-electron chi connectivity index (χ3n) is 4.45. The summed E-state index contributed by atoms with van der Waals surface area (Å²) in [4.78, 5) is 12.4. The van der Waals surface area contributed by atoms with Crippen molar-refractivity contribution in [3.05, 3.63) is 89.2 Å². The van der Waals surface area contributed by atoms with Gasteiger partial charge < -0.3 is 19.5 Å². The molecule has 3 aromatic rings. The molecule has 3 aromatic carbocycles. The number of ether oxygens (including phenoxy) is 3. The highest BCUT2D eigenvalue weighted by Crippen LogP contribution is 2.29. The molecular weight excluding hydrogens is 385 g/mol. The van der Waals surface area contributed by atoms with Gasteiger partial charge in [-0.25, -0.2) is 4.39 Å². The van der Waals surface area contributed by atoms with Crippen LogP contribution in [0, 0.1) is 5.82 Å². The summed E-state index contributed by atoms with van der Waals surface area (Å²) in [6.07, 6.45) is 0. The first-order valence-electron chi connectivity index (χ1n) is 9.65. The zero-order valence-corrected chi connectivity index (χ0v) is 17.0. The van der Waals surface area contributed by atoms with Gasteiger partial charge >= 0.3 is 0 Å². The summed E-state index contributed by atoms with van der Waals surface area (Å²) in [5.41, 5.74) is 1.87. The van der Waals surface area contributed by atoms with E-state index >= 15 is 0 Å². The number of amides is 1. The van der Waals surface area contributed by atoms with Crippen molar-refractivity contribution in [2.24, 2.45) is 0 Å². The third-order valence-corrected chi connectivity index (χ3v) is 4.45. The molecule has 0 heterocycles. The summed E-state index contributed by atoms with van der Waals surface area (Å²) in [5, 5.41) is 2.88. The predicted octanol–water partition coefficient (Wildman–Crippen LogP) is 4.74. The van der Waals surface area contributed by atoms with Gasteiger partial charge in [-0.3, -0.25) is 4.79 Å². The van der Waals surface area contributed by atoms with E-state index in [1.807, 2.05) is 13.0 Å². The average Bonchev–Trinajstić information content (AvgIpc) is 2.78. The number of rotatable bonds is 9. The van der Waals surface area contributed by atoms with Crippen LogP contribution in [0.1, 0.15) is 28.4 Å². The van der Waals surface area contributed by atoms with Crippen molar-refractivity contribution in [1.82, 2.24) is 5.32 Å². The van der Waals surface area contributed by atoms with E-state index in [1.165, 1.54) is 13.2 Å². The third kappa shape index (κ3) is 5.50. The van der Waals surface area contributed by atoms with Gasteiger partial charge in [-0.2, -0.15) is 0 Å². The lowest BCUT2D eigenvalue weighted by Crippen LogP contribution is -2.22. The zero-order valence-electron chi connectivity index (χ0n) is 17.0. The van der Waals surface area contributed by atoms with Crippen LogP contribution in [0.25, 0.3) is 0 Å². The fourth-order valence-corrected chi connectivity index (χ4v) is 2.87. The van der Waals surface area contributed by atoms with E-state index in [1.54, 1.807) is 54.6 Å². The molecule has 30 heavy (non-hydrogen) atoms. The van der Waals surface area contributed by atoms with Crippen molar-refractivity contribution in [1.29, 1.82) is 0 Å². The first kappa shape index (κ1) is 21.2. The van der Waals surface area contributed by atoms with Gasteiger partial charge in [-0.05, 0) is 55.0 Å². The summed E-state index contributed by atoms with van der Waals surface area (Å²) in [5.74, 6) is 1.24. The van der Waals surface area contributed by atoms with E-state index in [0.717, 1.165) is 11.3 Å². The molecule has 0 saturated heterocycles. The first-order chi connectivity index (χ1) is 14.6. The minimum atomic E-state index is -0.315. The van der Waals surface area contributed by atoms with Crippen LogP contribution in [0.4, 0.5) is 4.39 Å². The second-order valence-electron chi connectivity index (χ2n) is 6.51. The van der Waals surface area contributed by atoms with Crippen molar-refractivity contribution in [2.45, 2.75) is 20.1 Å². The largest absolute Gasteiger partial charge is 0.494 e. The molecule has 0 aliphatic carbocycles. The number of hydrogen-bond donors (Lipinski definition) is 1. The molecule has 0 aromatic heterocycles. The van der Waals surface area contributed by atoms with E-state index in [4.69, 9.17) is 14.2 Å². The highest BCUT2D eigenvalue weighted by Gasteiger charge is 2.10. The quantitative estimate of drug-likeness (QED) is 0.555. The van der Waals surface area contributed by atoms with E-state index in [-0.39, 0.29) is 18.3 Å². The summed E-state index contributed by atoms with van der Waals surface area (Å²) >= 11 is 0. The number of benzene rings is 3. The molecule has 0 radical (unpaired) electrons. The van der Waals surface area contributed by atoms with E-state index < -0.39 is 0 Å². The normalized spacial score (nSPS) is 10.4. The second-order valence-corrected chi connectivity index (χ2v) is 6.51. The maximum absolute atomic E-state index is 13.8. The first-order valence-corrected chi connectivity index (χ1v) is 9.65. The molecule has 0 saturated carbocycles. The molecule has 0 bridgehead atoms. The van der Waals surface area contributed by atoms with Crippen LogP contribution in [-0.2, 0) is 13.2 Å². The number of hydrogen-bond acceptors (Lipinski definition) is 4. The summed E-state index contributed by atoms with van der Waals surface area (Å²) in [6, 6.07) is 18.8. The van der Waals surface area contributed by atoms with Gasteiger partial charge in [0, 0.05) is 17.7 Å². The average molecular weight is 409 g/mol. The summed E-state index contributed by atoms with van der Waals surface area (Å²) < 4.78 is 30.2. The Balaban J connectivity index is 1.60. The minimum Gasteiger partial charge on any atom is -0.494 e. The second kappa shape index (κ2) is 10.3. The summed E-state index contributed by atoms with van der Waals surface area (Å²) in [7, 11) is 1.54. The maximum atomic E-state index is 13.8. The summed E-state index contributed by atoms with van der Waals surface area (Å²) in [6.45, 7) is 2.91. The van der Waals surface area contributed by atoms with Crippen LogP contribution >= 0.6 is 0 Å². The SMILES string of the molecule is CCOc1ccc(C(=O)NCc2ccc(OCc3ccccc3F)c(OC)c2)cc1. The number of halogens is 1. The van der Waals surface area contributed by atoms with Gasteiger partial charge in [-0.15, -0.1) is 0 Å². The van der Waals surface area contributed by atoms with Crippen LogP contribution in [-0.4, -0.2) is 19.6 Å². The Kier molecular flexibility index (Phi) is 7.27. The van der Waals surface area contributed by atoms with Crippen LogP contribution in [0.15, 0.2) is 66.7 Å². The fraction of sp³-hybridized carbons (Fsp3) is 0.208. The van der Waals surface area contributed by atoms with Gasteiger partial charge in [0.2, 0.25) is 0 Å². The Morgan fingerprint density at radius 3 is 2.43 bits per heavy atom. The predicted molar refractivity (Wildman–Crippen MR) is 113 cm³/mol. The van der Waals surface area contributed by atoms with Gasteiger partial charge in [0.15, 0.2) is 11.5 Å². The zero-order chi connectivity index (χ0) is 21.3. The van der Waals surface area contributed by atoms with E-state index in [2.05, 4.69) is 5.32 Å². The molecule has 0 unspecified atom stereocenters. The van der Waals surface area contributed by atoms with Crippen LogP contribution in [0.3, 0.4) is 0 Å². The Bertz CT molecular complexity index is 989. The molecule has 3 rings (SSSR count). The number of carbonyl (C=O) groups is 1. The van der Waals surface area contributed by atoms with Gasteiger partial charge in [0.05, 0.1) is 13.7 Å².